The summed E-state index contributed by atoms with van der Waals surface area (Å²) in [6.45, 7) is 6.83. The van der Waals surface area contributed by atoms with Gasteiger partial charge in [0, 0.05) is 0 Å². The zero-order valence-electron chi connectivity index (χ0n) is 10.1. The van der Waals surface area contributed by atoms with Gasteiger partial charge < -0.3 is 0 Å². The predicted octanol–water partition coefficient (Wildman–Crippen LogP) is 1.69. The molecule has 1 nitrogen and oxygen atoms in total. The first-order valence-corrected chi connectivity index (χ1v) is 8.13. The van der Waals surface area contributed by atoms with Gasteiger partial charge in [-0.05, 0) is 0 Å². The number of allylic oxidation sites excluding steroid dienone is 1. The van der Waals surface area contributed by atoms with Crippen LogP contribution in [0.25, 0.3) is 0 Å². The first-order valence-electron chi connectivity index (χ1n) is 5.56. The zero-order chi connectivity index (χ0) is 11.8. The molecule has 0 radical (unpaired) electrons. The maximum absolute atomic E-state index is 3.76. The van der Waals surface area contributed by atoms with Crippen molar-refractivity contribution in [3.63, 3.8) is 0 Å². The Kier molecular flexibility index (Phi) is 6.13. The number of benzene rings is 1. The molecule has 0 bridgehead atoms. The third-order valence-electron chi connectivity index (χ3n) is 2.43. The molecule has 0 saturated carbocycles. The van der Waals surface area contributed by atoms with Crippen LogP contribution in [0.3, 0.4) is 0 Å². The van der Waals surface area contributed by atoms with Gasteiger partial charge in [-0.3, -0.25) is 0 Å². The van der Waals surface area contributed by atoms with Gasteiger partial charge in [0.1, 0.15) is 0 Å². The number of hydrogen-bond acceptors (Lipinski definition) is 0. The Labute approximate surface area is 105 Å². The fourth-order valence-corrected chi connectivity index (χ4v) is 2.53. The molecule has 0 unspecified atom stereocenters. The van der Waals surface area contributed by atoms with Gasteiger partial charge >= 0.3 is 105 Å². The second-order valence-corrected chi connectivity index (χ2v) is 5.68. The third-order valence-corrected chi connectivity index (χ3v) is 4.20. The van der Waals surface area contributed by atoms with Gasteiger partial charge in [-0.1, -0.05) is 0 Å². The van der Waals surface area contributed by atoms with Crippen LogP contribution in [0, 0.1) is 6.92 Å². The van der Waals surface area contributed by atoms with Crippen molar-refractivity contribution in [2.24, 2.45) is 0 Å². The molecule has 0 saturated heterocycles. The molecule has 2 heteroatoms. The summed E-state index contributed by atoms with van der Waals surface area (Å²) in [4.78, 5) is 3.54. The standard InChI is InChI=1S/C14H19NSe/c1-4-5-6-14(16-3)15-11-13-9-7-12(2)8-10-13/h4,7-10H,1,5-6,11H2,2-3H3/p+1. The number of rotatable bonds is 6. The molecule has 0 spiro atoms. The number of hydrogen-bond donors (Lipinski definition) is 1. The molecule has 16 heavy (non-hydrogen) atoms. The van der Waals surface area contributed by atoms with Crippen molar-refractivity contribution in [2.45, 2.75) is 32.1 Å². The molecular weight excluding hydrogens is 261 g/mol. The van der Waals surface area contributed by atoms with E-state index >= 15 is 0 Å². The Bertz CT molecular complexity index is 352. The SMILES string of the molecule is C=CCCC(=[NH+]Cc1ccc(C)cc1)[Se]C. The Morgan fingerprint density at radius 2 is 2.06 bits per heavy atom. The molecular formula is C14H20NSe+. The average Bonchev–Trinajstić information content (AvgIpc) is 2.32. The van der Waals surface area contributed by atoms with Crippen molar-refractivity contribution in [1.82, 2.24) is 0 Å². The molecule has 0 amide bonds. The average molecular weight is 281 g/mol. The van der Waals surface area contributed by atoms with E-state index in [-0.39, 0.29) is 0 Å². The summed E-state index contributed by atoms with van der Waals surface area (Å²) in [5.74, 6) is 2.26. The zero-order valence-corrected chi connectivity index (χ0v) is 11.8. The normalized spacial score (nSPS) is 11.5. The van der Waals surface area contributed by atoms with Gasteiger partial charge in [0.2, 0.25) is 0 Å². The summed E-state index contributed by atoms with van der Waals surface area (Å²) in [6.07, 6.45) is 4.19. The van der Waals surface area contributed by atoms with E-state index in [9.17, 15) is 0 Å². The van der Waals surface area contributed by atoms with Crippen molar-refractivity contribution >= 4 is 19.6 Å². The van der Waals surface area contributed by atoms with Crippen LogP contribution in [0.5, 0.6) is 0 Å². The van der Waals surface area contributed by atoms with E-state index in [0.717, 1.165) is 19.4 Å². The van der Waals surface area contributed by atoms with E-state index in [0.29, 0.717) is 15.0 Å². The molecule has 0 fully saturated rings. The Morgan fingerprint density at radius 3 is 2.62 bits per heavy atom. The Morgan fingerprint density at radius 1 is 1.38 bits per heavy atom. The second-order valence-electron chi connectivity index (χ2n) is 3.79. The molecule has 86 valence electrons. The summed E-state index contributed by atoms with van der Waals surface area (Å²) in [5.41, 5.74) is 2.67. The minimum atomic E-state index is 0.577. The van der Waals surface area contributed by atoms with Crippen molar-refractivity contribution in [3.8, 4) is 0 Å². The molecule has 1 aromatic carbocycles. The van der Waals surface area contributed by atoms with Gasteiger partial charge in [-0.15, -0.1) is 0 Å². The summed E-state index contributed by atoms with van der Waals surface area (Å²) < 4.78 is 1.48. The molecule has 1 aromatic rings. The third kappa shape index (κ3) is 4.78. The van der Waals surface area contributed by atoms with E-state index < -0.39 is 0 Å². The summed E-state index contributed by atoms with van der Waals surface area (Å²) >= 11 is 0.577. The first-order chi connectivity index (χ1) is 7.76. The number of aryl methyl sites for hydroxylation is 1. The predicted molar refractivity (Wildman–Crippen MR) is 71.9 cm³/mol. The van der Waals surface area contributed by atoms with Crippen molar-refractivity contribution in [1.29, 1.82) is 0 Å². The topological polar surface area (TPSA) is 14.0 Å². The van der Waals surface area contributed by atoms with Gasteiger partial charge in [0.15, 0.2) is 0 Å². The van der Waals surface area contributed by atoms with Crippen LogP contribution in [0.1, 0.15) is 24.0 Å². The fraction of sp³-hybridized carbons (Fsp3) is 0.357. The molecule has 0 aliphatic rings. The van der Waals surface area contributed by atoms with Gasteiger partial charge in [0.25, 0.3) is 0 Å². The fourth-order valence-electron chi connectivity index (χ4n) is 1.40. The maximum atomic E-state index is 3.76. The molecule has 0 aliphatic carbocycles. The van der Waals surface area contributed by atoms with Crippen LogP contribution < -0.4 is 4.99 Å². The molecule has 1 rings (SSSR count). The molecule has 0 atom stereocenters. The van der Waals surface area contributed by atoms with Gasteiger partial charge in [-0.2, -0.15) is 0 Å². The minimum absolute atomic E-state index is 0.577. The monoisotopic (exact) mass is 282 g/mol. The summed E-state index contributed by atoms with van der Waals surface area (Å²) in [7, 11) is 0. The number of nitrogens with one attached hydrogen (secondary N) is 1. The quantitative estimate of drug-likeness (QED) is 0.463. The van der Waals surface area contributed by atoms with Crippen LogP contribution in [0.4, 0.5) is 0 Å². The van der Waals surface area contributed by atoms with Gasteiger partial charge in [0.05, 0.1) is 0 Å². The molecule has 1 N–H and O–H groups in total. The van der Waals surface area contributed by atoms with Crippen molar-refractivity contribution < 1.29 is 4.99 Å². The second kappa shape index (κ2) is 7.43. The summed E-state index contributed by atoms with van der Waals surface area (Å²) in [5, 5.41) is 0. The Balaban J connectivity index is 2.55. The van der Waals surface area contributed by atoms with Crippen LogP contribution in [0.2, 0.25) is 5.82 Å². The van der Waals surface area contributed by atoms with Crippen LogP contribution >= 0.6 is 0 Å². The van der Waals surface area contributed by atoms with E-state index in [2.05, 4.69) is 48.6 Å². The van der Waals surface area contributed by atoms with Gasteiger partial charge in [-0.25, -0.2) is 0 Å². The summed E-state index contributed by atoms with van der Waals surface area (Å²) in [6, 6.07) is 8.71. The van der Waals surface area contributed by atoms with E-state index in [1.807, 2.05) is 6.08 Å². The van der Waals surface area contributed by atoms with Crippen LogP contribution in [-0.4, -0.2) is 19.6 Å². The van der Waals surface area contributed by atoms with E-state index in [1.165, 1.54) is 15.7 Å². The first kappa shape index (κ1) is 13.2. The van der Waals surface area contributed by atoms with E-state index in [4.69, 9.17) is 0 Å². The van der Waals surface area contributed by atoms with Crippen molar-refractivity contribution in [3.05, 3.63) is 48.0 Å². The molecule has 0 aromatic heterocycles. The van der Waals surface area contributed by atoms with Crippen molar-refractivity contribution in [2.75, 3.05) is 0 Å². The Hall–Kier alpha value is -0.851. The molecule has 0 heterocycles. The van der Waals surface area contributed by atoms with E-state index in [1.54, 1.807) is 0 Å². The van der Waals surface area contributed by atoms with Crippen LogP contribution in [0.15, 0.2) is 36.9 Å². The molecule has 0 aliphatic heterocycles. The van der Waals surface area contributed by atoms with Crippen LogP contribution in [-0.2, 0) is 6.54 Å².